The molecule has 3 nitrogen and oxygen atoms in total. The number of carbonyl (C=O) groups excluding carboxylic acids is 1. The van der Waals surface area contributed by atoms with E-state index in [9.17, 15) is 9.18 Å². The van der Waals surface area contributed by atoms with E-state index in [0.29, 0.717) is 6.54 Å². The smallest absolute Gasteiger partial charge is 0.255 e. The number of unbranched alkanes of at least 4 members (excludes halogenated alkanes) is 2. The van der Waals surface area contributed by atoms with Gasteiger partial charge < -0.3 is 10.2 Å². The molecule has 1 aromatic carbocycles. The van der Waals surface area contributed by atoms with E-state index < -0.39 is 11.7 Å². The zero-order valence-corrected chi connectivity index (χ0v) is 14.4. The molecule has 1 N–H and O–H groups in total. The van der Waals surface area contributed by atoms with Crippen LogP contribution in [0, 0.1) is 5.82 Å². The molecule has 0 spiro atoms. The Labute approximate surface area is 143 Å². The van der Waals surface area contributed by atoms with Crippen molar-refractivity contribution in [3.8, 4) is 0 Å². The number of hydrogen-bond donors (Lipinski definition) is 1. The van der Waals surface area contributed by atoms with Gasteiger partial charge in [-0.3, -0.25) is 4.79 Å². The molecule has 0 aliphatic carbocycles. The molecule has 0 unspecified atom stereocenters. The van der Waals surface area contributed by atoms with Crippen LogP contribution in [-0.4, -0.2) is 37.0 Å². The Morgan fingerprint density at radius 3 is 2.57 bits per heavy atom. The summed E-state index contributed by atoms with van der Waals surface area (Å²) in [7, 11) is 0. The van der Waals surface area contributed by atoms with E-state index in [1.165, 1.54) is 57.0 Å². The molecule has 0 atom stereocenters. The highest BCUT2D eigenvalue weighted by Crippen LogP contribution is 2.18. The Morgan fingerprint density at radius 1 is 1.13 bits per heavy atom. The largest absolute Gasteiger partial charge is 0.352 e. The molecule has 1 aliphatic rings. The van der Waals surface area contributed by atoms with Crippen molar-refractivity contribution in [1.29, 1.82) is 0 Å². The van der Waals surface area contributed by atoms with E-state index >= 15 is 0 Å². The fraction of sp³-hybridized carbons (Fsp3) is 0.611. The van der Waals surface area contributed by atoms with Crippen molar-refractivity contribution >= 4 is 17.5 Å². The Morgan fingerprint density at radius 2 is 1.87 bits per heavy atom. The first-order valence-electron chi connectivity index (χ1n) is 8.63. The van der Waals surface area contributed by atoms with Gasteiger partial charge in [-0.15, -0.1) is 0 Å². The summed E-state index contributed by atoms with van der Waals surface area (Å²) >= 11 is 5.88. The van der Waals surface area contributed by atoms with E-state index in [2.05, 4.69) is 10.2 Å². The Balaban J connectivity index is 1.61. The second-order valence-corrected chi connectivity index (χ2v) is 6.58. The van der Waals surface area contributed by atoms with E-state index in [0.717, 1.165) is 25.8 Å². The molecular formula is C18H26ClFN2O. The summed E-state index contributed by atoms with van der Waals surface area (Å²) in [5.41, 5.74) is -0.0567. The normalized spacial score (nSPS) is 16.1. The third kappa shape index (κ3) is 6.11. The highest BCUT2D eigenvalue weighted by molar-refractivity contribution is 6.33. The van der Waals surface area contributed by atoms with Crippen LogP contribution in [0.2, 0.25) is 5.02 Å². The van der Waals surface area contributed by atoms with Crippen LogP contribution >= 0.6 is 11.6 Å². The second-order valence-electron chi connectivity index (χ2n) is 6.17. The number of likely N-dealkylation sites (tertiary alicyclic amines) is 1. The maximum absolute atomic E-state index is 13.6. The lowest BCUT2D eigenvalue weighted by molar-refractivity contribution is 0.0949. The van der Waals surface area contributed by atoms with Crippen molar-refractivity contribution in [3.05, 3.63) is 34.6 Å². The average Bonchev–Trinajstić information content (AvgIpc) is 2.79. The van der Waals surface area contributed by atoms with Gasteiger partial charge in [-0.25, -0.2) is 4.39 Å². The summed E-state index contributed by atoms with van der Waals surface area (Å²) in [4.78, 5) is 14.5. The molecule has 0 radical (unpaired) electrons. The predicted molar refractivity (Wildman–Crippen MR) is 92.5 cm³/mol. The summed E-state index contributed by atoms with van der Waals surface area (Å²) in [6.45, 7) is 4.15. The van der Waals surface area contributed by atoms with Crippen LogP contribution in [0.5, 0.6) is 0 Å². The quantitative estimate of drug-likeness (QED) is 0.752. The van der Waals surface area contributed by atoms with Crippen LogP contribution in [0.15, 0.2) is 18.2 Å². The molecule has 128 valence electrons. The van der Waals surface area contributed by atoms with Crippen molar-refractivity contribution in [3.63, 3.8) is 0 Å². The van der Waals surface area contributed by atoms with Gasteiger partial charge in [0, 0.05) is 6.54 Å². The third-order valence-electron chi connectivity index (χ3n) is 4.33. The van der Waals surface area contributed by atoms with Crippen molar-refractivity contribution < 1.29 is 9.18 Å². The molecule has 0 bridgehead atoms. The number of benzene rings is 1. The number of hydrogen-bond acceptors (Lipinski definition) is 2. The number of nitrogens with one attached hydrogen (secondary N) is 1. The second kappa shape index (κ2) is 9.89. The molecule has 2 rings (SSSR count). The molecule has 1 amide bonds. The van der Waals surface area contributed by atoms with Crippen LogP contribution in [0.3, 0.4) is 0 Å². The first-order chi connectivity index (χ1) is 11.2. The highest BCUT2D eigenvalue weighted by atomic mass is 35.5. The van der Waals surface area contributed by atoms with Gasteiger partial charge >= 0.3 is 0 Å². The van der Waals surface area contributed by atoms with Gasteiger partial charge in [-0.05, 0) is 57.5 Å². The van der Waals surface area contributed by atoms with E-state index in [1.54, 1.807) is 0 Å². The van der Waals surface area contributed by atoms with Gasteiger partial charge in [0.05, 0.1) is 10.6 Å². The van der Waals surface area contributed by atoms with Gasteiger partial charge in [0.15, 0.2) is 0 Å². The molecular weight excluding hydrogens is 315 g/mol. The Bertz CT molecular complexity index is 482. The van der Waals surface area contributed by atoms with Gasteiger partial charge in [-0.2, -0.15) is 0 Å². The van der Waals surface area contributed by atoms with Crippen molar-refractivity contribution in [2.45, 2.75) is 44.9 Å². The Kier molecular flexibility index (Phi) is 7.83. The van der Waals surface area contributed by atoms with Gasteiger partial charge in [0.1, 0.15) is 5.82 Å². The van der Waals surface area contributed by atoms with Crippen LogP contribution < -0.4 is 5.32 Å². The highest BCUT2D eigenvalue weighted by Gasteiger charge is 2.14. The summed E-state index contributed by atoms with van der Waals surface area (Å²) < 4.78 is 13.6. The maximum atomic E-state index is 13.6. The van der Waals surface area contributed by atoms with Crippen LogP contribution in [0.4, 0.5) is 4.39 Å². The molecule has 1 aromatic rings. The van der Waals surface area contributed by atoms with Gasteiger partial charge in [0.2, 0.25) is 0 Å². The Hall–Kier alpha value is -1.13. The monoisotopic (exact) mass is 340 g/mol. The van der Waals surface area contributed by atoms with Gasteiger partial charge in [-0.1, -0.05) is 36.9 Å². The SMILES string of the molecule is O=C(NCCCCCN1CCCCCC1)c1c(F)cccc1Cl. The number of halogens is 2. The number of rotatable bonds is 7. The minimum Gasteiger partial charge on any atom is -0.352 e. The fourth-order valence-corrected chi connectivity index (χ4v) is 3.25. The summed E-state index contributed by atoms with van der Waals surface area (Å²) in [5, 5.41) is 2.91. The standard InChI is InChI=1S/C18H26ClFN2O/c19-15-9-8-10-16(20)17(15)18(23)21-11-4-3-7-14-22-12-5-1-2-6-13-22/h8-10H,1-7,11-14H2,(H,21,23). The topological polar surface area (TPSA) is 32.3 Å². The summed E-state index contributed by atoms with van der Waals surface area (Å²) in [5.74, 6) is -1.00. The molecule has 1 saturated heterocycles. The lowest BCUT2D eigenvalue weighted by atomic mass is 10.2. The summed E-state index contributed by atoms with van der Waals surface area (Å²) in [6, 6.07) is 4.28. The zero-order chi connectivity index (χ0) is 16.5. The lowest BCUT2D eigenvalue weighted by Gasteiger charge is -2.19. The van der Waals surface area contributed by atoms with Crippen molar-refractivity contribution in [2.75, 3.05) is 26.2 Å². The molecule has 23 heavy (non-hydrogen) atoms. The number of nitrogens with zero attached hydrogens (tertiary/aromatic N) is 1. The van der Waals surface area contributed by atoms with Crippen LogP contribution in [0.25, 0.3) is 0 Å². The molecule has 0 saturated carbocycles. The van der Waals surface area contributed by atoms with Gasteiger partial charge in [0.25, 0.3) is 5.91 Å². The fourth-order valence-electron chi connectivity index (χ4n) is 3.00. The van der Waals surface area contributed by atoms with Crippen molar-refractivity contribution in [2.24, 2.45) is 0 Å². The molecule has 0 aromatic heterocycles. The predicted octanol–water partition coefficient (Wildman–Crippen LogP) is 4.26. The molecule has 1 aliphatic heterocycles. The first-order valence-corrected chi connectivity index (χ1v) is 9.01. The number of carbonyl (C=O) groups is 1. The lowest BCUT2D eigenvalue weighted by Crippen LogP contribution is -2.27. The molecule has 1 heterocycles. The molecule has 1 fully saturated rings. The van der Waals surface area contributed by atoms with E-state index in [1.807, 2.05) is 0 Å². The maximum Gasteiger partial charge on any atom is 0.255 e. The minimum absolute atomic E-state index is 0.0567. The molecule has 5 heteroatoms. The number of amides is 1. The average molecular weight is 341 g/mol. The third-order valence-corrected chi connectivity index (χ3v) is 4.64. The van der Waals surface area contributed by atoms with Crippen molar-refractivity contribution in [1.82, 2.24) is 10.2 Å². The van der Waals surface area contributed by atoms with Crippen LogP contribution in [-0.2, 0) is 0 Å². The minimum atomic E-state index is -0.573. The zero-order valence-electron chi connectivity index (χ0n) is 13.6. The summed E-state index contributed by atoms with van der Waals surface area (Å²) in [6.07, 6.45) is 8.49. The van der Waals surface area contributed by atoms with Crippen LogP contribution in [0.1, 0.15) is 55.3 Å². The van der Waals surface area contributed by atoms with E-state index in [-0.39, 0.29) is 10.6 Å². The van der Waals surface area contributed by atoms with E-state index in [4.69, 9.17) is 11.6 Å². The first kappa shape index (κ1) is 18.2.